The predicted octanol–water partition coefficient (Wildman–Crippen LogP) is 2.89. The molecule has 1 aliphatic rings. The van der Waals surface area contributed by atoms with Crippen molar-refractivity contribution < 1.29 is 14.3 Å². The molecular formula is C16H14ClNO4S. The Morgan fingerprint density at radius 1 is 1.48 bits per heavy atom. The number of thiazole rings is 1. The van der Waals surface area contributed by atoms with Crippen LogP contribution in [-0.4, -0.2) is 23.8 Å². The number of esters is 1. The van der Waals surface area contributed by atoms with E-state index in [-0.39, 0.29) is 18.1 Å². The van der Waals surface area contributed by atoms with Gasteiger partial charge in [-0.3, -0.25) is 9.36 Å². The molecule has 0 aliphatic carbocycles. The van der Waals surface area contributed by atoms with Crippen LogP contribution in [0.4, 0.5) is 0 Å². The number of hydrogen-bond donors (Lipinski definition) is 0. The molecule has 0 atom stereocenters. The van der Waals surface area contributed by atoms with Gasteiger partial charge in [-0.25, -0.2) is 4.79 Å². The molecule has 3 rings (SSSR count). The summed E-state index contributed by atoms with van der Waals surface area (Å²) >= 11 is 7.08. The third kappa shape index (κ3) is 3.48. The first-order chi connectivity index (χ1) is 11.0. The topological polar surface area (TPSA) is 57.5 Å². The van der Waals surface area contributed by atoms with Crippen molar-refractivity contribution in [3.8, 4) is 5.75 Å². The van der Waals surface area contributed by atoms with Crippen LogP contribution >= 0.6 is 22.9 Å². The van der Waals surface area contributed by atoms with Crippen molar-refractivity contribution in [1.29, 1.82) is 0 Å². The fraction of sp³-hybridized carbons (Fsp3) is 0.250. The van der Waals surface area contributed by atoms with E-state index in [1.165, 1.54) is 0 Å². The van der Waals surface area contributed by atoms with Gasteiger partial charge in [0.05, 0.1) is 12.1 Å². The number of aromatic nitrogens is 1. The van der Waals surface area contributed by atoms with Crippen molar-refractivity contribution in [3.05, 3.63) is 55.1 Å². The molecule has 0 saturated heterocycles. The molecule has 5 nitrogen and oxygen atoms in total. The fourth-order valence-electron chi connectivity index (χ4n) is 2.26. The minimum Gasteiger partial charge on any atom is -0.488 e. The van der Waals surface area contributed by atoms with Crippen LogP contribution in [0, 0.1) is 6.92 Å². The maximum Gasteiger partial charge on any atom is 0.337 e. The molecule has 120 valence electrons. The Hall–Kier alpha value is -2.05. The molecule has 23 heavy (non-hydrogen) atoms. The van der Waals surface area contributed by atoms with Gasteiger partial charge in [-0.15, -0.1) is 0 Å². The van der Waals surface area contributed by atoms with Crippen molar-refractivity contribution in [1.82, 2.24) is 4.57 Å². The molecule has 0 amide bonds. The van der Waals surface area contributed by atoms with Crippen LogP contribution in [0.25, 0.3) is 6.08 Å². The second-order valence-corrected chi connectivity index (χ2v) is 6.33. The van der Waals surface area contributed by atoms with E-state index < -0.39 is 5.97 Å². The Kier molecular flexibility index (Phi) is 4.54. The summed E-state index contributed by atoms with van der Waals surface area (Å²) in [5.41, 5.74) is 2.04. The van der Waals surface area contributed by atoms with Crippen LogP contribution in [0.2, 0.25) is 5.02 Å². The van der Waals surface area contributed by atoms with Gasteiger partial charge >= 0.3 is 10.8 Å². The second-order valence-electron chi connectivity index (χ2n) is 5.07. The number of carbonyl (C=O) groups excluding carboxylic acids is 1. The van der Waals surface area contributed by atoms with Crippen molar-refractivity contribution in [2.75, 3.05) is 13.2 Å². The first kappa shape index (κ1) is 15.8. The van der Waals surface area contributed by atoms with Crippen LogP contribution in [-0.2, 0) is 16.1 Å². The number of rotatable bonds is 4. The van der Waals surface area contributed by atoms with E-state index >= 15 is 0 Å². The first-order valence-corrected chi connectivity index (χ1v) is 8.25. The molecule has 2 aromatic rings. The average molecular weight is 352 g/mol. The second kappa shape index (κ2) is 6.60. The van der Waals surface area contributed by atoms with Gasteiger partial charge in [-0.2, -0.15) is 0 Å². The summed E-state index contributed by atoms with van der Waals surface area (Å²) in [5.74, 6) is 0.239. The van der Waals surface area contributed by atoms with Crippen molar-refractivity contribution >= 4 is 35.0 Å². The molecule has 2 heterocycles. The van der Waals surface area contributed by atoms with Gasteiger partial charge in [0.1, 0.15) is 19.0 Å². The highest BCUT2D eigenvalue weighted by atomic mass is 35.5. The summed E-state index contributed by atoms with van der Waals surface area (Å²) in [6.45, 7) is 2.48. The fourth-order valence-corrected chi connectivity index (χ4v) is 3.20. The lowest BCUT2D eigenvalue weighted by Crippen LogP contribution is -2.22. The molecule has 7 heteroatoms. The number of halogens is 1. The molecule has 0 radical (unpaired) electrons. The Labute approximate surface area is 141 Å². The normalized spacial score (nSPS) is 13.0. The van der Waals surface area contributed by atoms with Crippen LogP contribution in [0.3, 0.4) is 0 Å². The largest absolute Gasteiger partial charge is 0.488 e. The summed E-state index contributed by atoms with van der Waals surface area (Å²) in [5, 5.41) is 2.35. The van der Waals surface area contributed by atoms with E-state index in [4.69, 9.17) is 21.1 Å². The number of fused-ring (bicyclic) bond motifs is 1. The summed E-state index contributed by atoms with van der Waals surface area (Å²) in [6.07, 6.45) is 1.72. The number of ether oxygens (including phenoxy) is 2. The predicted molar refractivity (Wildman–Crippen MR) is 89.2 cm³/mol. The Morgan fingerprint density at radius 3 is 3.04 bits per heavy atom. The zero-order valence-corrected chi connectivity index (χ0v) is 13.9. The Morgan fingerprint density at radius 2 is 2.30 bits per heavy atom. The van der Waals surface area contributed by atoms with Gasteiger partial charge in [-0.1, -0.05) is 22.9 Å². The molecule has 0 fully saturated rings. The molecule has 0 N–H and O–H groups in total. The maximum atomic E-state index is 12.1. The molecule has 1 aromatic carbocycles. The van der Waals surface area contributed by atoms with Gasteiger partial charge < -0.3 is 9.47 Å². The highest BCUT2D eigenvalue weighted by molar-refractivity contribution is 7.07. The Balaban J connectivity index is 1.64. The van der Waals surface area contributed by atoms with Gasteiger partial charge in [0.15, 0.2) is 0 Å². The highest BCUT2D eigenvalue weighted by Gasteiger charge is 2.18. The quantitative estimate of drug-likeness (QED) is 0.795. The minimum absolute atomic E-state index is 0.0534. The van der Waals surface area contributed by atoms with E-state index in [0.717, 1.165) is 22.6 Å². The monoisotopic (exact) mass is 351 g/mol. The number of benzene rings is 1. The highest BCUT2D eigenvalue weighted by Crippen LogP contribution is 2.29. The molecule has 1 aromatic heterocycles. The smallest absolute Gasteiger partial charge is 0.337 e. The Bertz CT molecular complexity index is 837. The summed E-state index contributed by atoms with van der Waals surface area (Å²) in [7, 11) is 0. The number of carbonyl (C=O) groups is 1. The molecule has 1 aliphatic heterocycles. The third-order valence-electron chi connectivity index (χ3n) is 3.47. The number of hydrogen-bond acceptors (Lipinski definition) is 5. The van der Waals surface area contributed by atoms with Gasteiger partial charge in [-0.05, 0) is 31.2 Å². The lowest BCUT2D eigenvalue weighted by atomic mass is 10.1. The molecular weight excluding hydrogens is 338 g/mol. The van der Waals surface area contributed by atoms with Crippen LogP contribution in [0.5, 0.6) is 5.75 Å². The van der Waals surface area contributed by atoms with Crippen LogP contribution in [0.15, 0.2) is 33.9 Å². The zero-order valence-electron chi connectivity index (χ0n) is 12.4. The summed E-state index contributed by atoms with van der Waals surface area (Å²) in [6, 6.07) is 5.23. The number of aryl methyl sites for hydroxylation is 1. The standard InChI is InChI=1S/C16H14ClNO4S/c1-10-9-23-16(20)18(10)4-5-21-15(19)12-6-11-7-13(17)2-3-14(11)22-8-12/h2-3,6-7,9H,4-5,8H2,1H3. The first-order valence-electron chi connectivity index (χ1n) is 6.99. The van der Waals surface area contributed by atoms with Gasteiger partial charge in [0.25, 0.3) is 0 Å². The lowest BCUT2D eigenvalue weighted by molar-refractivity contribution is -0.139. The summed E-state index contributed by atoms with van der Waals surface area (Å²) < 4.78 is 12.3. The molecule has 0 unspecified atom stereocenters. The van der Waals surface area contributed by atoms with Crippen LogP contribution < -0.4 is 9.61 Å². The van der Waals surface area contributed by atoms with Crippen LogP contribution in [0.1, 0.15) is 11.3 Å². The van der Waals surface area contributed by atoms with Crippen molar-refractivity contribution in [2.45, 2.75) is 13.5 Å². The van der Waals surface area contributed by atoms with E-state index in [1.807, 2.05) is 6.92 Å². The maximum absolute atomic E-state index is 12.1. The molecule has 0 spiro atoms. The van der Waals surface area contributed by atoms with Gasteiger partial charge in [0, 0.05) is 21.7 Å². The van der Waals surface area contributed by atoms with E-state index in [9.17, 15) is 9.59 Å². The minimum atomic E-state index is -0.448. The number of nitrogens with zero attached hydrogens (tertiary/aromatic N) is 1. The molecule has 0 bridgehead atoms. The zero-order chi connectivity index (χ0) is 16.4. The van der Waals surface area contributed by atoms with E-state index in [1.54, 1.807) is 34.2 Å². The molecule has 0 saturated carbocycles. The van der Waals surface area contributed by atoms with Gasteiger partial charge in [0.2, 0.25) is 0 Å². The average Bonchev–Trinajstić information content (AvgIpc) is 2.85. The van der Waals surface area contributed by atoms with Crippen molar-refractivity contribution in [2.24, 2.45) is 0 Å². The summed E-state index contributed by atoms with van der Waals surface area (Å²) in [4.78, 5) is 23.6. The van der Waals surface area contributed by atoms with Crippen molar-refractivity contribution in [3.63, 3.8) is 0 Å². The SMILES string of the molecule is Cc1csc(=O)n1CCOC(=O)C1=Cc2cc(Cl)ccc2OC1. The lowest BCUT2D eigenvalue weighted by Gasteiger charge is -2.17. The van der Waals surface area contributed by atoms with E-state index in [2.05, 4.69) is 0 Å². The third-order valence-corrected chi connectivity index (χ3v) is 4.59. The van der Waals surface area contributed by atoms with E-state index in [0.29, 0.717) is 22.9 Å².